The summed E-state index contributed by atoms with van der Waals surface area (Å²) >= 11 is 0. The van der Waals surface area contributed by atoms with Crippen molar-refractivity contribution in [3.05, 3.63) is 11.8 Å². The minimum absolute atomic E-state index is 0.123. The number of amides is 3. The van der Waals surface area contributed by atoms with E-state index in [2.05, 4.69) is 0 Å². The van der Waals surface area contributed by atoms with Crippen LogP contribution in [-0.4, -0.2) is 50.8 Å². The topological polar surface area (TPSA) is 157 Å². The number of hydrogen-bond donors (Lipinski definition) is 3. The summed E-state index contributed by atoms with van der Waals surface area (Å²) in [7, 11) is 0. The lowest BCUT2D eigenvalue weighted by atomic mass is 10.2. The lowest BCUT2D eigenvalue weighted by Crippen LogP contribution is -2.20. The molecule has 120 valence electrons. The van der Waals surface area contributed by atoms with E-state index < -0.39 is 17.7 Å². The van der Waals surface area contributed by atoms with Crippen LogP contribution in [0.3, 0.4) is 0 Å². The Kier molecular flexibility index (Phi) is 10.5. The summed E-state index contributed by atoms with van der Waals surface area (Å²) in [6, 6.07) is 0. The van der Waals surface area contributed by atoms with Crippen molar-refractivity contribution >= 4 is 17.7 Å². The molecule has 0 heterocycles. The molecule has 0 aromatic rings. The molecule has 0 radical (unpaired) electrons. The summed E-state index contributed by atoms with van der Waals surface area (Å²) in [6.45, 7) is -0.165. The van der Waals surface area contributed by atoms with E-state index in [4.69, 9.17) is 31.4 Å². The average Bonchev–Trinajstić information content (AvgIpc) is 2.36. The van der Waals surface area contributed by atoms with Crippen LogP contribution in [0.5, 0.6) is 0 Å². The van der Waals surface area contributed by atoms with Crippen molar-refractivity contribution in [3.8, 4) is 0 Å². The number of carbonyl (C=O) groups is 3. The molecule has 0 bridgehead atoms. The molecule has 9 nitrogen and oxygen atoms in total. The van der Waals surface area contributed by atoms with Crippen molar-refractivity contribution in [2.24, 2.45) is 17.2 Å². The maximum atomic E-state index is 10.6. The first-order valence-corrected chi connectivity index (χ1v) is 6.21. The second kappa shape index (κ2) is 11.7. The Labute approximate surface area is 122 Å². The fourth-order valence-electron chi connectivity index (χ4n) is 1.26. The third kappa shape index (κ3) is 14.1. The lowest BCUT2D eigenvalue weighted by molar-refractivity contribution is -0.123. The van der Waals surface area contributed by atoms with Crippen LogP contribution in [-0.2, 0) is 28.6 Å². The van der Waals surface area contributed by atoms with Gasteiger partial charge in [0.1, 0.15) is 13.2 Å². The van der Waals surface area contributed by atoms with Crippen molar-refractivity contribution < 1.29 is 28.6 Å². The molecule has 0 aliphatic rings. The molecule has 0 saturated carbocycles. The van der Waals surface area contributed by atoms with Crippen LogP contribution >= 0.6 is 0 Å². The van der Waals surface area contributed by atoms with Gasteiger partial charge in [0.05, 0.1) is 12.9 Å². The van der Waals surface area contributed by atoms with Gasteiger partial charge in [0.25, 0.3) is 5.91 Å². The Bertz CT molecular complexity index is 383. The van der Waals surface area contributed by atoms with Gasteiger partial charge in [-0.15, -0.1) is 0 Å². The quantitative estimate of drug-likeness (QED) is 0.268. The first-order valence-electron chi connectivity index (χ1n) is 6.21. The van der Waals surface area contributed by atoms with Crippen LogP contribution in [0.2, 0.25) is 0 Å². The van der Waals surface area contributed by atoms with Crippen molar-refractivity contribution in [2.75, 3.05) is 33.0 Å². The first-order chi connectivity index (χ1) is 9.91. The van der Waals surface area contributed by atoms with Crippen LogP contribution in [0.25, 0.3) is 0 Å². The monoisotopic (exact) mass is 303 g/mol. The second-order valence-electron chi connectivity index (χ2n) is 4.13. The molecule has 0 unspecified atom stereocenters. The zero-order chi connectivity index (χ0) is 16.1. The van der Waals surface area contributed by atoms with Gasteiger partial charge in [-0.1, -0.05) is 0 Å². The molecule has 9 heteroatoms. The van der Waals surface area contributed by atoms with E-state index in [1.54, 1.807) is 0 Å². The standard InChI is InChI=1S/C12H21N3O6/c13-10(16)6-19-3-1-2-9(4-20-7-11(14)17)5-21-8-12(15)18/h4H,1-3,5-8H2,(H2,13,16)(H2,14,17)(H2,15,18). The smallest absolute Gasteiger partial charge is 0.255 e. The summed E-state index contributed by atoms with van der Waals surface area (Å²) in [5.41, 5.74) is 15.5. The molecule has 0 aliphatic heterocycles. The number of nitrogens with two attached hydrogens (primary N) is 3. The van der Waals surface area contributed by atoms with Crippen LogP contribution in [0.1, 0.15) is 12.8 Å². The fourth-order valence-corrected chi connectivity index (χ4v) is 1.26. The summed E-state index contributed by atoms with van der Waals surface area (Å²) < 4.78 is 15.0. The van der Waals surface area contributed by atoms with E-state index in [0.717, 1.165) is 0 Å². The van der Waals surface area contributed by atoms with Gasteiger partial charge >= 0.3 is 0 Å². The van der Waals surface area contributed by atoms with E-state index >= 15 is 0 Å². The molecule has 0 rings (SSSR count). The maximum absolute atomic E-state index is 10.6. The van der Waals surface area contributed by atoms with E-state index in [1.165, 1.54) is 6.26 Å². The normalized spacial score (nSPS) is 11.1. The highest BCUT2D eigenvalue weighted by Crippen LogP contribution is 2.06. The van der Waals surface area contributed by atoms with E-state index in [-0.39, 0.29) is 26.4 Å². The van der Waals surface area contributed by atoms with E-state index in [1.807, 2.05) is 0 Å². The van der Waals surface area contributed by atoms with Crippen molar-refractivity contribution in [2.45, 2.75) is 12.8 Å². The van der Waals surface area contributed by atoms with Gasteiger partial charge in [0.15, 0.2) is 6.61 Å². The SMILES string of the molecule is NC(=O)COC=C(CCCOCC(N)=O)COCC(N)=O. The molecule has 0 fully saturated rings. The number of ether oxygens (including phenoxy) is 3. The van der Waals surface area contributed by atoms with Gasteiger partial charge < -0.3 is 31.4 Å². The lowest BCUT2D eigenvalue weighted by Gasteiger charge is -2.08. The van der Waals surface area contributed by atoms with E-state index in [9.17, 15) is 14.4 Å². The summed E-state index contributed by atoms with van der Waals surface area (Å²) in [4.78, 5) is 31.6. The largest absolute Gasteiger partial charge is 0.491 e. The molecule has 3 amide bonds. The van der Waals surface area contributed by atoms with Crippen molar-refractivity contribution in [3.63, 3.8) is 0 Å². The highest BCUT2D eigenvalue weighted by Gasteiger charge is 2.03. The van der Waals surface area contributed by atoms with Crippen LogP contribution in [0.15, 0.2) is 11.8 Å². The molecule has 0 aromatic carbocycles. The highest BCUT2D eigenvalue weighted by atomic mass is 16.5. The maximum Gasteiger partial charge on any atom is 0.255 e. The van der Waals surface area contributed by atoms with Crippen LogP contribution in [0, 0.1) is 0 Å². The van der Waals surface area contributed by atoms with Crippen molar-refractivity contribution in [1.29, 1.82) is 0 Å². The summed E-state index contributed by atoms with van der Waals surface area (Å²) in [5.74, 6) is -1.73. The van der Waals surface area contributed by atoms with Gasteiger partial charge in [-0.3, -0.25) is 14.4 Å². The molecular formula is C12H21N3O6. The van der Waals surface area contributed by atoms with Crippen LogP contribution < -0.4 is 17.2 Å². The number of carbonyl (C=O) groups excluding carboxylic acids is 3. The Balaban J connectivity index is 4.07. The summed E-state index contributed by atoms with van der Waals surface area (Å²) in [5, 5.41) is 0. The third-order valence-electron chi connectivity index (χ3n) is 2.04. The number of hydrogen-bond acceptors (Lipinski definition) is 6. The second-order valence-corrected chi connectivity index (χ2v) is 4.13. The zero-order valence-corrected chi connectivity index (χ0v) is 11.7. The van der Waals surface area contributed by atoms with Crippen molar-refractivity contribution in [1.82, 2.24) is 0 Å². The van der Waals surface area contributed by atoms with Gasteiger partial charge in [-0.2, -0.15) is 0 Å². The summed E-state index contributed by atoms with van der Waals surface area (Å²) in [6.07, 6.45) is 2.45. The Morgan fingerprint density at radius 3 is 1.95 bits per heavy atom. The molecule has 0 saturated heterocycles. The highest BCUT2D eigenvalue weighted by molar-refractivity contribution is 5.75. The predicted molar refractivity (Wildman–Crippen MR) is 72.5 cm³/mol. The van der Waals surface area contributed by atoms with Gasteiger partial charge in [-0.05, 0) is 18.4 Å². The van der Waals surface area contributed by atoms with Gasteiger partial charge in [0.2, 0.25) is 11.8 Å². The molecular weight excluding hydrogens is 282 g/mol. The molecule has 21 heavy (non-hydrogen) atoms. The molecule has 0 atom stereocenters. The van der Waals surface area contributed by atoms with Crippen LogP contribution in [0.4, 0.5) is 0 Å². The predicted octanol–water partition coefficient (Wildman–Crippen LogP) is -1.84. The number of rotatable bonds is 13. The minimum atomic E-state index is -0.603. The van der Waals surface area contributed by atoms with Gasteiger partial charge in [-0.25, -0.2) is 0 Å². The zero-order valence-electron chi connectivity index (χ0n) is 11.7. The Morgan fingerprint density at radius 2 is 1.38 bits per heavy atom. The van der Waals surface area contributed by atoms with E-state index in [0.29, 0.717) is 25.0 Å². The average molecular weight is 303 g/mol. The first kappa shape index (κ1) is 18.9. The Morgan fingerprint density at radius 1 is 0.810 bits per heavy atom. The molecule has 6 N–H and O–H groups in total. The van der Waals surface area contributed by atoms with Gasteiger partial charge in [0, 0.05) is 6.61 Å². The molecule has 0 spiro atoms. The number of primary amides is 3. The minimum Gasteiger partial charge on any atom is -0.491 e. The molecule has 0 aliphatic carbocycles. The Hall–Kier alpha value is -2.13. The molecule has 0 aromatic heterocycles. The third-order valence-corrected chi connectivity index (χ3v) is 2.04. The fraction of sp³-hybridized carbons (Fsp3) is 0.583.